The zero-order valence-corrected chi connectivity index (χ0v) is 17.1. The Bertz CT molecular complexity index is 268. The minimum atomic E-state index is -0.670. The third kappa shape index (κ3) is 43.4. The zero-order chi connectivity index (χ0) is 20.6. The van der Waals surface area contributed by atoms with Crippen LogP contribution >= 0.6 is 0 Å². The summed E-state index contributed by atoms with van der Waals surface area (Å²) in [5.41, 5.74) is 0. The van der Waals surface area contributed by atoms with Crippen molar-refractivity contribution in [2.75, 3.05) is 6.61 Å². The standard InChI is InChI=1S/2C8H16O2.C4H10O2/c2*1-2-3-4-5-6-7-8(9)10;1-4(6)2-3-5/h2*2-7H2,1H3,(H,9,10);4-6H,2-3H2,1H3. The van der Waals surface area contributed by atoms with Gasteiger partial charge in [-0.15, -0.1) is 0 Å². The van der Waals surface area contributed by atoms with E-state index < -0.39 is 11.9 Å². The fourth-order valence-electron chi connectivity index (χ4n) is 1.95. The van der Waals surface area contributed by atoms with Crippen LogP contribution in [0.5, 0.6) is 0 Å². The molecule has 4 N–H and O–H groups in total. The third-order valence-corrected chi connectivity index (χ3v) is 3.54. The predicted octanol–water partition coefficient (Wildman–Crippen LogP) is 4.61. The summed E-state index contributed by atoms with van der Waals surface area (Å²) in [5, 5.41) is 33.0. The molecule has 0 aliphatic heterocycles. The molecule has 6 heteroatoms. The largest absolute Gasteiger partial charge is 0.481 e. The first-order chi connectivity index (χ1) is 12.3. The van der Waals surface area contributed by atoms with E-state index in [9.17, 15) is 9.59 Å². The van der Waals surface area contributed by atoms with Crippen molar-refractivity contribution in [3.8, 4) is 0 Å². The molecule has 0 aromatic rings. The second-order valence-corrected chi connectivity index (χ2v) is 6.48. The van der Waals surface area contributed by atoms with Crippen molar-refractivity contribution >= 4 is 11.9 Å². The molecule has 158 valence electrons. The lowest BCUT2D eigenvalue weighted by Gasteiger charge is -1.95. The van der Waals surface area contributed by atoms with Gasteiger partial charge in [0.1, 0.15) is 0 Å². The second-order valence-electron chi connectivity index (χ2n) is 6.48. The van der Waals surface area contributed by atoms with Gasteiger partial charge in [-0.05, 0) is 26.2 Å². The van der Waals surface area contributed by atoms with Crippen LogP contribution in [0.2, 0.25) is 0 Å². The van der Waals surface area contributed by atoms with Gasteiger partial charge < -0.3 is 20.4 Å². The SMILES string of the molecule is CC(O)CCO.CCCCCCCC(=O)O.CCCCCCCC(=O)O. The van der Waals surface area contributed by atoms with E-state index in [-0.39, 0.29) is 12.7 Å². The van der Waals surface area contributed by atoms with E-state index in [4.69, 9.17) is 20.4 Å². The minimum Gasteiger partial charge on any atom is -0.481 e. The number of rotatable bonds is 14. The summed E-state index contributed by atoms with van der Waals surface area (Å²) in [4.78, 5) is 20.1. The molecule has 0 saturated carbocycles. The summed E-state index contributed by atoms with van der Waals surface area (Å²) in [6, 6.07) is 0. The van der Waals surface area contributed by atoms with Crippen LogP contribution < -0.4 is 0 Å². The van der Waals surface area contributed by atoms with Gasteiger partial charge in [-0.25, -0.2) is 0 Å². The van der Waals surface area contributed by atoms with Gasteiger partial charge in [-0.3, -0.25) is 9.59 Å². The van der Waals surface area contributed by atoms with Crippen LogP contribution in [0.15, 0.2) is 0 Å². The van der Waals surface area contributed by atoms with Crippen LogP contribution in [-0.2, 0) is 9.59 Å². The number of hydrogen-bond acceptors (Lipinski definition) is 4. The van der Waals surface area contributed by atoms with Crippen LogP contribution in [0.3, 0.4) is 0 Å². The Morgan fingerprint density at radius 2 is 1.08 bits per heavy atom. The Hall–Kier alpha value is -1.14. The first-order valence-electron chi connectivity index (χ1n) is 10.0. The Morgan fingerprint density at radius 3 is 1.27 bits per heavy atom. The van der Waals surface area contributed by atoms with Crippen molar-refractivity contribution in [2.24, 2.45) is 0 Å². The van der Waals surface area contributed by atoms with E-state index in [1.165, 1.54) is 38.5 Å². The average molecular weight is 379 g/mol. The van der Waals surface area contributed by atoms with Gasteiger partial charge in [0.15, 0.2) is 0 Å². The Balaban J connectivity index is -0.000000316. The number of aliphatic carboxylic acids is 2. The topological polar surface area (TPSA) is 115 Å². The van der Waals surface area contributed by atoms with Crippen molar-refractivity contribution in [3.05, 3.63) is 0 Å². The summed E-state index contributed by atoms with van der Waals surface area (Å²) in [6.45, 7) is 6.03. The summed E-state index contributed by atoms with van der Waals surface area (Å²) in [5.74, 6) is -1.34. The molecule has 0 saturated heterocycles. The van der Waals surface area contributed by atoms with Gasteiger partial charge in [0, 0.05) is 19.4 Å². The number of carbonyl (C=O) groups is 2. The van der Waals surface area contributed by atoms with Gasteiger partial charge in [-0.2, -0.15) is 0 Å². The van der Waals surface area contributed by atoms with Crippen molar-refractivity contribution < 1.29 is 30.0 Å². The van der Waals surface area contributed by atoms with E-state index in [1.807, 2.05) is 0 Å². The first-order valence-corrected chi connectivity index (χ1v) is 10.0. The number of hydrogen-bond donors (Lipinski definition) is 4. The van der Waals surface area contributed by atoms with Gasteiger partial charge in [-0.1, -0.05) is 65.2 Å². The zero-order valence-electron chi connectivity index (χ0n) is 17.1. The van der Waals surface area contributed by atoms with Crippen LogP contribution in [0.1, 0.15) is 104 Å². The summed E-state index contributed by atoms with van der Waals surface area (Å²) in [7, 11) is 0. The maximum Gasteiger partial charge on any atom is 0.303 e. The highest BCUT2D eigenvalue weighted by molar-refractivity contribution is 5.66. The molecule has 0 spiro atoms. The molecule has 0 heterocycles. The van der Waals surface area contributed by atoms with Gasteiger partial charge >= 0.3 is 11.9 Å². The molecule has 0 fully saturated rings. The molecule has 0 rings (SSSR count). The molecule has 0 aromatic carbocycles. The van der Waals surface area contributed by atoms with E-state index in [0.717, 1.165) is 25.7 Å². The highest BCUT2D eigenvalue weighted by atomic mass is 16.4. The molecule has 1 atom stereocenters. The molecule has 0 radical (unpaired) electrons. The molecular formula is C20H42O6. The Kier molecular flexibility index (Phi) is 29.7. The molecule has 0 bridgehead atoms. The Morgan fingerprint density at radius 1 is 0.731 bits per heavy atom. The van der Waals surface area contributed by atoms with Crippen molar-refractivity contribution in [3.63, 3.8) is 0 Å². The molecule has 6 nitrogen and oxygen atoms in total. The van der Waals surface area contributed by atoms with E-state index >= 15 is 0 Å². The highest BCUT2D eigenvalue weighted by Gasteiger charge is 1.95. The van der Waals surface area contributed by atoms with Crippen LogP contribution in [0.25, 0.3) is 0 Å². The fourth-order valence-corrected chi connectivity index (χ4v) is 1.95. The van der Waals surface area contributed by atoms with Crippen molar-refractivity contribution in [1.29, 1.82) is 0 Å². The monoisotopic (exact) mass is 378 g/mol. The van der Waals surface area contributed by atoms with Gasteiger partial charge in [0.25, 0.3) is 0 Å². The lowest BCUT2D eigenvalue weighted by Crippen LogP contribution is -2.00. The summed E-state index contributed by atoms with van der Waals surface area (Å²) < 4.78 is 0. The molecule has 0 amide bonds. The van der Waals surface area contributed by atoms with Crippen LogP contribution in [0.4, 0.5) is 0 Å². The van der Waals surface area contributed by atoms with Crippen molar-refractivity contribution in [2.45, 2.75) is 110 Å². The minimum absolute atomic E-state index is 0.0810. The highest BCUT2D eigenvalue weighted by Crippen LogP contribution is 2.04. The maximum atomic E-state index is 10.0. The summed E-state index contributed by atoms with van der Waals surface area (Å²) >= 11 is 0. The van der Waals surface area contributed by atoms with Gasteiger partial charge in [0.05, 0.1) is 6.10 Å². The van der Waals surface area contributed by atoms with E-state index in [0.29, 0.717) is 19.3 Å². The predicted molar refractivity (Wildman–Crippen MR) is 105 cm³/mol. The second kappa shape index (κ2) is 26.1. The van der Waals surface area contributed by atoms with E-state index in [2.05, 4.69) is 13.8 Å². The smallest absolute Gasteiger partial charge is 0.303 e. The number of unbranched alkanes of at least 4 members (excludes halogenated alkanes) is 8. The number of aliphatic hydroxyl groups is 2. The van der Waals surface area contributed by atoms with E-state index in [1.54, 1.807) is 6.92 Å². The number of carboxylic acids is 2. The number of aliphatic hydroxyl groups excluding tert-OH is 2. The lowest BCUT2D eigenvalue weighted by atomic mass is 10.1. The summed E-state index contributed by atoms with van der Waals surface area (Å²) in [6.07, 6.45) is 11.9. The molecule has 0 aliphatic carbocycles. The first kappa shape index (κ1) is 29.6. The quantitative estimate of drug-likeness (QED) is 0.328. The lowest BCUT2D eigenvalue weighted by molar-refractivity contribution is -0.138. The molecule has 1 unspecified atom stereocenters. The number of carboxylic acid groups (broad SMARTS) is 2. The maximum absolute atomic E-state index is 10.0. The molecular weight excluding hydrogens is 336 g/mol. The van der Waals surface area contributed by atoms with Crippen molar-refractivity contribution in [1.82, 2.24) is 0 Å². The Labute approximate surface area is 159 Å². The average Bonchev–Trinajstić information content (AvgIpc) is 2.55. The molecule has 0 aliphatic rings. The van der Waals surface area contributed by atoms with Gasteiger partial charge in [0.2, 0.25) is 0 Å². The van der Waals surface area contributed by atoms with Crippen LogP contribution in [0, 0.1) is 0 Å². The normalized spacial score (nSPS) is 10.8. The molecule has 26 heavy (non-hydrogen) atoms. The third-order valence-electron chi connectivity index (χ3n) is 3.54. The fraction of sp³-hybridized carbons (Fsp3) is 0.900. The molecule has 0 aromatic heterocycles. The van der Waals surface area contributed by atoms with Crippen LogP contribution in [-0.4, -0.2) is 45.1 Å².